The lowest BCUT2D eigenvalue weighted by Crippen LogP contribution is -2.07. The van der Waals surface area contributed by atoms with Crippen LogP contribution in [-0.4, -0.2) is 35.4 Å². The van der Waals surface area contributed by atoms with Gasteiger partial charge in [-0.3, -0.25) is 0 Å². The third-order valence-corrected chi connectivity index (χ3v) is 3.13. The second-order valence-electron chi connectivity index (χ2n) is 4.78. The molecule has 7 heteroatoms. The van der Waals surface area contributed by atoms with Crippen LogP contribution in [0.1, 0.15) is 12.8 Å². The first-order chi connectivity index (χ1) is 10.3. The number of aromatic nitrogens is 3. The van der Waals surface area contributed by atoms with Crippen molar-refractivity contribution in [1.82, 2.24) is 15.2 Å². The largest absolute Gasteiger partial charge is 0.493 e. The van der Waals surface area contributed by atoms with Gasteiger partial charge < -0.3 is 20.1 Å². The molecule has 0 spiro atoms. The first-order valence-electron chi connectivity index (χ1n) is 6.74. The molecule has 1 fully saturated rings. The molecule has 0 saturated heterocycles. The molecule has 1 aromatic carbocycles. The van der Waals surface area contributed by atoms with Gasteiger partial charge in [0.25, 0.3) is 0 Å². The molecule has 0 aliphatic heterocycles. The maximum Gasteiger partial charge on any atom is 0.244 e. The Morgan fingerprint density at radius 2 is 1.95 bits per heavy atom. The van der Waals surface area contributed by atoms with Crippen LogP contribution in [0.4, 0.5) is 17.5 Å². The molecule has 0 amide bonds. The van der Waals surface area contributed by atoms with Crippen LogP contribution in [0.25, 0.3) is 0 Å². The van der Waals surface area contributed by atoms with Gasteiger partial charge >= 0.3 is 0 Å². The van der Waals surface area contributed by atoms with E-state index in [2.05, 4.69) is 25.8 Å². The van der Waals surface area contributed by atoms with Crippen LogP contribution in [0.15, 0.2) is 24.4 Å². The highest BCUT2D eigenvalue weighted by Gasteiger charge is 2.22. The predicted octanol–water partition coefficient (Wildman–Crippen LogP) is 2.21. The molecule has 0 unspecified atom stereocenters. The molecule has 2 aromatic rings. The molecule has 1 heterocycles. The molecule has 0 bridgehead atoms. The Hall–Kier alpha value is -2.57. The van der Waals surface area contributed by atoms with E-state index in [0.29, 0.717) is 29.3 Å². The van der Waals surface area contributed by atoms with Crippen LogP contribution in [0.2, 0.25) is 0 Å². The average Bonchev–Trinajstić information content (AvgIpc) is 3.31. The van der Waals surface area contributed by atoms with E-state index in [4.69, 9.17) is 9.47 Å². The zero-order chi connectivity index (χ0) is 14.7. The number of nitrogens with one attached hydrogen (secondary N) is 2. The van der Waals surface area contributed by atoms with Crippen LogP contribution in [0.5, 0.6) is 11.5 Å². The van der Waals surface area contributed by atoms with Crippen molar-refractivity contribution >= 4 is 17.5 Å². The molecule has 0 radical (unpaired) electrons. The predicted molar refractivity (Wildman–Crippen MR) is 79.3 cm³/mol. The van der Waals surface area contributed by atoms with E-state index in [-0.39, 0.29) is 0 Å². The van der Waals surface area contributed by atoms with E-state index in [9.17, 15) is 0 Å². The van der Waals surface area contributed by atoms with Crippen LogP contribution in [-0.2, 0) is 0 Å². The van der Waals surface area contributed by atoms with Crippen LogP contribution in [0.3, 0.4) is 0 Å². The maximum absolute atomic E-state index is 5.27. The first kappa shape index (κ1) is 13.4. The van der Waals surface area contributed by atoms with E-state index in [1.165, 1.54) is 0 Å². The Balaban J connectivity index is 1.76. The fraction of sp³-hybridized carbons (Fsp3) is 0.357. The van der Waals surface area contributed by atoms with Gasteiger partial charge in [-0.2, -0.15) is 10.1 Å². The van der Waals surface area contributed by atoms with E-state index >= 15 is 0 Å². The van der Waals surface area contributed by atoms with Crippen molar-refractivity contribution in [2.24, 2.45) is 0 Å². The van der Waals surface area contributed by atoms with Gasteiger partial charge in [0.2, 0.25) is 5.95 Å². The lowest BCUT2D eigenvalue weighted by molar-refractivity contribution is 0.355. The number of hydrogen-bond acceptors (Lipinski definition) is 7. The highest BCUT2D eigenvalue weighted by atomic mass is 16.5. The van der Waals surface area contributed by atoms with Crippen LogP contribution >= 0.6 is 0 Å². The SMILES string of the molecule is COc1ccc(Nc2cnnc(NC3CC3)n2)cc1OC. The van der Waals surface area contributed by atoms with Gasteiger partial charge in [-0.05, 0) is 25.0 Å². The summed E-state index contributed by atoms with van der Waals surface area (Å²) in [5.74, 6) is 2.50. The molecular formula is C14H17N5O2. The van der Waals surface area contributed by atoms with Crippen molar-refractivity contribution in [3.05, 3.63) is 24.4 Å². The molecule has 21 heavy (non-hydrogen) atoms. The number of benzene rings is 1. The summed E-state index contributed by atoms with van der Waals surface area (Å²) in [5.41, 5.74) is 0.838. The van der Waals surface area contributed by atoms with Gasteiger partial charge in [-0.15, -0.1) is 5.10 Å². The van der Waals surface area contributed by atoms with Crippen molar-refractivity contribution in [3.63, 3.8) is 0 Å². The summed E-state index contributed by atoms with van der Waals surface area (Å²) in [4.78, 5) is 4.38. The maximum atomic E-state index is 5.27. The molecule has 1 saturated carbocycles. The number of ether oxygens (including phenoxy) is 2. The average molecular weight is 287 g/mol. The second kappa shape index (κ2) is 5.82. The molecular weight excluding hydrogens is 270 g/mol. The van der Waals surface area contributed by atoms with Gasteiger partial charge in [0, 0.05) is 17.8 Å². The number of hydrogen-bond donors (Lipinski definition) is 2. The Morgan fingerprint density at radius 3 is 2.67 bits per heavy atom. The molecule has 1 aromatic heterocycles. The molecule has 3 rings (SSSR count). The Labute approximate surface area is 122 Å². The third kappa shape index (κ3) is 3.31. The Bertz CT molecular complexity index is 631. The summed E-state index contributed by atoms with van der Waals surface area (Å²) >= 11 is 0. The fourth-order valence-electron chi connectivity index (χ4n) is 1.90. The smallest absolute Gasteiger partial charge is 0.244 e. The van der Waals surface area contributed by atoms with Gasteiger partial charge in [0.1, 0.15) is 0 Å². The quantitative estimate of drug-likeness (QED) is 0.843. The summed E-state index contributed by atoms with van der Waals surface area (Å²) in [6.07, 6.45) is 3.90. The summed E-state index contributed by atoms with van der Waals surface area (Å²) in [6, 6.07) is 6.05. The van der Waals surface area contributed by atoms with Gasteiger partial charge in [0.15, 0.2) is 17.3 Å². The van der Waals surface area contributed by atoms with Crippen molar-refractivity contribution in [2.75, 3.05) is 24.9 Å². The minimum atomic E-state index is 0.489. The van der Waals surface area contributed by atoms with E-state index in [1.807, 2.05) is 18.2 Å². The Morgan fingerprint density at radius 1 is 1.14 bits per heavy atom. The van der Waals surface area contributed by atoms with Crippen LogP contribution in [0, 0.1) is 0 Å². The highest BCUT2D eigenvalue weighted by molar-refractivity contribution is 5.61. The summed E-state index contributed by atoms with van der Waals surface area (Å²) in [6.45, 7) is 0. The molecule has 1 aliphatic carbocycles. The van der Waals surface area contributed by atoms with Crippen LogP contribution < -0.4 is 20.1 Å². The summed E-state index contributed by atoms with van der Waals surface area (Å²) < 4.78 is 10.5. The molecule has 1 aliphatic rings. The zero-order valence-corrected chi connectivity index (χ0v) is 12.0. The summed E-state index contributed by atoms with van der Waals surface area (Å²) in [7, 11) is 3.21. The minimum absolute atomic E-state index is 0.489. The Kier molecular flexibility index (Phi) is 3.72. The zero-order valence-electron chi connectivity index (χ0n) is 12.0. The number of nitrogens with zero attached hydrogens (tertiary/aromatic N) is 3. The highest BCUT2D eigenvalue weighted by Crippen LogP contribution is 2.31. The van der Waals surface area contributed by atoms with Gasteiger partial charge in [0.05, 0.1) is 20.4 Å². The topological polar surface area (TPSA) is 81.2 Å². The number of methoxy groups -OCH3 is 2. The normalized spacial score (nSPS) is 13.6. The minimum Gasteiger partial charge on any atom is -0.493 e. The van der Waals surface area contributed by atoms with Crippen molar-refractivity contribution < 1.29 is 9.47 Å². The van der Waals surface area contributed by atoms with Crippen molar-refractivity contribution in [2.45, 2.75) is 18.9 Å². The van der Waals surface area contributed by atoms with Crippen molar-refractivity contribution in [1.29, 1.82) is 0 Å². The molecule has 2 N–H and O–H groups in total. The monoisotopic (exact) mass is 287 g/mol. The van der Waals surface area contributed by atoms with E-state index < -0.39 is 0 Å². The van der Waals surface area contributed by atoms with Gasteiger partial charge in [-0.1, -0.05) is 0 Å². The molecule has 0 atom stereocenters. The fourth-order valence-corrected chi connectivity index (χ4v) is 1.90. The van der Waals surface area contributed by atoms with E-state index in [1.54, 1.807) is 20.4 Å². The standard InChI is InChI=1S/C14H17N5O2/c1-20-11-6-5-10(7-12(11)21-2)16-13-8-15-19-14(18-13)17-9-3-4-9/h5-9H,3-4H2,1-2H3,(H2,16,17,18,19). The third-order valence-electron chi connectivity index (χ3n) is 3.13. The second-order valence-corrected chi connectivity index (χ2v) is 4.78. The van der Waals surface area contributed by atoms with Gasteiger partial charge in [-0.25, -0.2) is 0 Å². The lowest BCUT2D eigenvalue weighted by Gasteiger charge is -2.11. The number of anilines is 3. The number of rotatable bonds is 6. The first-order valence-corrected chi connectivity index (χ1v) is 6.74. The van der Waals surface area contributed by atoms with E-state index in [0.717, 1.165) is 18.5 Å². The molecule has 7 nitrogen and oxygen atoms in total. The lowest BCUT2D eigenvalue weighted by atomic mass is 10.2. The van der Waals surface area contributed by atoms with Crippen molar-refractivity contribution in [3.8, 4) is 11.5 Å². The molecule has 110 valence electrons. The summed E-state index contributed by atoms with van der Waals surface area (Å²) in [5, 5.41) is 14.3.